The zero-order chi connectivity index (χ0) is 19.3. The van der Waals surface area contributed by atoms with E-state index in [0.717, 1.165) is 35.8 Å². The van der Waals surface area contributed by atoms with Crippen LogP contribution in [0.5, 0.6) is 5.75 Å². The van der Waals surface area contributed by atoms with E-state index in [1.807, 2.05) is 19.1 Å². The van der Waals surface area contributed by atoms with Gasteiger partial charge >= 0.3 is 0 Å². The lowest BCUT2D eigenvalue weighted by atomic mass is 9.61. The van der Waals surface area contributed by atoms with Gasteiger partial charge in [-0.1, -0.05) is 24.3 Å². The van der Waals surface area contributed by atoms with Gasteiger partial charge in [0.25, 0.3) is 0 Å². The third-order valence-electron chi connectivity index (χ3n) is 7.73. The average Bonchev–Trinajstić information content (AvgIpc) is 2.73. The summed E-state index contributed by atoms with van der Waals surface area (Å²) in [5, 5.41) is 0. The molecule has 0 aromatic heterocycles. The van der Waals surface area contributed by atoms with Gasteiger partial charge in [-0.15, -0.1) is 0 Å². The van der Waals surface area contributed by atoms with Crippen LogP contribution in [0.2, 0.25) is 0 Å². The zero-order valence-electron chi connectivity index (χ0n) is 17.3. The van der Waals surface area contributed by atoms with Gasteiger partial charge in [0, 0.05) is 0 Å². The summed E-state index contributed by atoms with van der Waals surface area (Å²) in [7, 11) is 0. The highest BCUT2D eigenvalue weighted by molar-refractivity contribution is 5.37. The maximum absolute atomic E-state index is 12.5. The van der Waals surface area contributed by atoms with E-state index < -0.39 is 0 Å². The predicted molar refractivity (Wildman–Crippen MR) is 114 cm³/mol. The van der Waals surface area contributed by atoms with E-state index in [2.05, 4.69) is 18.2 Å². The van der Waals surface area contributed by atoms with Gasteiger partial charge in [0.2, 0.25) is 0 Å². The van der Waals surface area contributed by atoms with E-state index in [-0.39, 0.29) is 0 Å². The first-order valence-corrected chi connectivity index (χ1v) is 11.4. The molecule has 0 spiro atoms. The van der Waals surface area contributed by atoms with Crippen molar-refractivity contribution in [3.8, 4) is 5.75 Å². The van der Waals surface area contributed by atoms with Gasteiger partial charge in [0.05, 0.1) is 6.33 Å². The molecular formula is C26H35FO. The fourth-order valence-corrected chi connectivity index (χ4v) is 6.16. The van der Waals surface area contributed by atoms with Gasteiger partial charge in [-0.3, -0.25) is 0 Å². The molecular weight excluding hydrogens is 347 g/mol. The summed E-state index contributed by atoms with van der Waals surface area (Å²) in [5.41, 5.74) is 3.05. The molecule has 1 aromatic carbocycles. The summed E-state index contributed by atoms with van der Waals surface area (Å²) < 4.78 is 18.4. The van der Waals surface area contributed by atoms with Crippen molar-refractivity contribution in [2.45, 2.75) is 64.7 Å². The van der Waals surface area contributed by atoms with Crippen molar-refractivity contribution < 1.29 is 9.13 Å². The van der Waals surface area contributed by atoms with Crippen molar-refractivity contribution in [3.63, 3.8) is 0 Å². The summed E-state index contributed by atoms with van der Waals surface area (Å²) in [6.07, 6.45) is 18.3. The minimum absolute atomic E-state index is 0.494. The van der Waals surface area contributed by atoms with Gasteiger partial charge in [-0.05, 0) is 118 Å². The second kappa shape index (κ2) is 9.29. The Balaban J connectivity index is 1.34. The van der Waals surface area contributed by atoms with E-state index in [9.17, 15) is 4.39 Å². The van der Waals surface area contributed by atoms with Gasteiger partial charge in [0.15, 0.2) is 0 Å². The van der Waals surface area contributed by atoms with E-state index in [1.54, 1.807) is 11.6 Å². The molecule has 152 valence electrons. The molecule has 3 aliphatic carbocycles. The average molecular weight is 383 g/mol. The van der Waals surface area contributed by atoms with Crippen molar-refractivity contribution in [1.82, 2.24) is 0 Å². The number of aryl methyl sites for hydroxylation is 1. The first-order chi connectivity index (χ1) is 13.8. The third-order valence-corrected chi connectivity index (χ3v) is 7.73. The quantitative estimate of drug-likeness (QED) is 0.495. The van der Waals surface area contributed by atoms with Crippen LogP contribution in [-0.2, 0) is 12.8 Å². The Bertz CT molecular complexity index is 706. The number of rotatable bonds is 5. The molecule has 1 nitrogen and oxygen atoms in total. The van der Waals surface area contributed by atoms with Gasteiger partial charge < -0.3 is 4.74 Å². The van der Waals surface area contributed by atoms with Crippen LogP contribution in [0, 0.1) is 29.6 Å². The Morgan fingerprint density at radius 1 is 0.964 bits per heavy atom. The zero-order valence-corrected chi connectivity index (χ0v) is 17.3. The molecule has 5 atom stereocenters. The van der Waals surface area contributed by atoms with Crippen molar-refractivity contribution in [2.75, 3.05) is 6.61 Å². The molecule has 0 heterocycles. The highest BCUT2D eigenvalue weighted by Crippen LogP contribution is 2.48. The lowest BCUT2D eigenvalue weighted by Crippen LogP contribution is -2.34. The highest BCUT2D eigenvalue weighted by Gasteiger charge is 2.38. The number of benzene rings is 1. The molecule has 0 aliphatic heterocycles. The Morgan fingerprint density at radius 2 is 1.75 bits per heavy atom. The van der Waals surface area contributed by atoms with Crippen LogP contribution in [0.4, 0.5) is 4.39 Å². The van der Waals surface area contributed by atoms with Crippen LogP contribution in [0.3, 0.4) is 0 Å². The molecule has 3 aliphatic rings. The summed E-state index contributed by atoms with van der Waals surface area (Å²) in [4.78, 5) is 0. The summed E-state index contributed by atoms with van der Waals surface area (Å²) in [6.45, 7) is 2.68. The molecule has 0 N–H and O–H groups in total. The largest absolute Gasteiger partial charge is 0.490 e. The maximum Gasteiger partial charge on any atom is 0.120 e. The monoisotopic (exact) mass is 382 g/mol. The van der Waals surface area contributed by atoms with Gasteiger partial charge in [-0.25, -0.2) is 4.39 Å². The molecule has 28 heavy (non-hydrogen) atoms. The number of fused-ring (bicyclic) bond motifs is 2. The van der Waals surface area contributed by atoms with Crippen LogP contribution >= 0.6 is 0 Å². The van der Waals surface area contributed by atoms with Crippen LogP contribution in [0.25, 0.3) is 0 Å². The van der Waals surface area contributed by atoms with Crippen molar-refractivity contribution >= 4 is 0 Å². The topological polar surface area (TPSA) is 9.23 Å². The van der Waals surface area contributed by atoms with Crippen LogP contribution in [0.1, 0.15) is 63.0 Å². The maximum atomic E-state index is 12.5. The highest BCUT2D eigenvalue weighted by atomic mass is 19.1. The molecule has 0 bridgehead atoms. The van der Waals surface area contributed by atoms with E-state index >= 15 is 0 Å². The molecule has 2 heteroatoms. The molecule has 0 radical (unpaired) electrons. The second-order valence-corrected chi connectivity index (χ2v) is 9.30. The fourth-order valence-electron chi connectivity index (χ4n) is 6.16. The molecule has 0 saturated heterocycles. The first-order valence-electron chi connectivity index (χ1n) is 11.4. The molecule has 1 aromatic rings. The molecule has 2 fully saturated rings. The number of halogens is 1. The Morgan fingerprint density at radius 3 is 2.57 bits per heavy atom. The minimum atomic E-state index is 0.494. The minimum Gasteiger partial charge on any atom is -0.490 e. The van der Waals surface area contributed by atoms with Gasteiger partial charge in [-0.2, -0.15) is 0 Å². The predicted octanol–water partition coefficient (Wildman–Crippen LogP) is 7.06. The molecule has 5 unspecified atom stereocenters. The van der Waals surface area contributed by atoms with Gasteiger partial charge in [0.1, 0.15) is 12.4 Å². The Hall–Kier alpha value is -1.57. The lowest BCUT2D eigenvalue weighted by molar-refractivity contribution is 0.0809. The fraction of sp³-hybridized carbons (Fsp3) is 0.615. The number of hydrogen-bond donors (Lipinski definition) is 0. The van der Waals surface area contributed by atoms with Crippen LogP contribution < -0.4 is 4.74 Å². The summed E-state index contributed by atoms with van der Waals surface area (Å²) in [6, 6.07) is 6.74. The SMILES string of the molecule is CC=CCOc1ccc2c(c1)CCC(C1CCC3CC(C=CF)CCC3C1)C2. The number of hydrogen-bond acceptors (Lipinski definition) is 1. The Kier molecular flexibility index (Phi) is 6.54. The van der Waals surface area contributed by atoms with E-state index in [1.165, 1.54) is 63.4 Å². The smallest absolute Gasteiger partial charge is 0.120 e. The number of allylic oxidation sites excluding steroid dienone is 2. The summed E-state index contributed by atoms with van der Waals surface area (Å²) in [5.74, 6) is 4.99. The Labute approximate surface area is 170 Å². The lowest BCUT2D eigenvalue weighted by Gasteiger charge is -2.44. The normalized spacial score (nSPS) is 33.0. The summed E-state index contributed by atoms with van der Waals surface area (Å²) >= 11 is 0. The first kappa shape index (κ1) is 19.7. The van der Waals surface area contributed by atoms with E-state index in [4.69, 9.17) is 4.74 Å². The van der Waals surface area contributed by atoms with Crippen molar-refractivity contribution in [1.29, 1.82) is 0 Å². The standard InChI is InChI=1S/C26H35FO/c1-2-3-14-28-26-11-10-24-17-23(8-9-25(24)18-26)22-7-6-20-15-19(12-13-27)4-5-21(20)16-22/h2-3,10-13,18-23H,4-9,14-17H2,1H3. The second-order valence-electron chi connectivity index (χ2n) is 9.30. The van der Waals surface area contributed by atoms with E-state index in [0.29, 0.717) is 12.5 Å². The van der Waals surface area contributed by atoms with Crippen LogP contribution in [0.15, 0.2) is 42.8 Å². The van der Waals surface area contributed by atoms with Crippen molar-refractivity contribution in [2.24, 2.45) is 29.6 Å². The van der Waals surface area contributed by atoms with Crippen LogP contribution in [-0.4, -0.2) is 6.61 Å². The third kappa shape index (κ3) is 4.53. The molecule has 4 rings (SSSR count). The molecule has 0 amide bonds. The number of ether oxygens (including phenoxy) is 1. The van der Waals surface area contributed by atoms with Crippen molar-refractivity contribution in [3.05, 3.63) is 53.9 Å². The molecule has 2 saturated carbocycles.